The molecule has 0 atom stereocenters. The third-order valence-electron chi connectivity index (χ3n) is 5.68. The van der Waals surface area contributed by atoms with Crippen LogP contribution < -0.4 is 0 Å². The van der Waals surface area contributed by atoms with Crippen molar-refractivity contribution in [1.29, 1.82) is 0 Å². The van der Waals surface area contributed by atoms with Crippen LogP contribution in [0.15, 0.2) is 41.3 Å². The summed E-state index contributed by atoms with van der Waals surface area (Å²) in [5.41, 5.74) is 4.52. The number of fused-ring (bicyclic) bond motifs is 1. The quantitative estimate of drug-likeness (QED) is 0.592. The van der Waals surface area contributed by atoms with Crippen LogP contribution in [-0.2, 0) is 17.3 Å². The zero-order valence-electron chi connectivity index (χ0n) is 19.6. The largest absolute Gasteiger partial charge is 0.507 e. The van der Waals surface area contributed by atoms with Crippen LogP contribution in [0.1, 0.15) is 84.5 Å². The number of phenolic OH excluding ortho intramolecular Hbond substituents is 1. The first-order valence-electron chi connectivity index (χ1n) is 10.7. The molecule has 0 bridgehead atoms. The number of aryl methyl sites for hydroxylation is 2. The second-order valence-electron chi connectivity index (χ2n) is 10.3. The van der Waals surface area contributed by atoms with E-state index in [-0.39, 0.29) is 22.4 Å². The van der Waals surface area contributed by atoms with Gasteiger partial charge in [-0.1, -0.05) is 71.9 Å². The van der Waals surface area contributed by atoms with Gasteiger partial charge in [0.2, 0.25) is 0 Å². The Kier molecular flexibility index (Phi) is 6.25. The minimum atomic E-state index is -0.177. The first kappa shape index (κ1) is 23.3. The fourth-order valence-electron chi connectivity index (χ4n) is 3.94. The molecule has 1 aliphatic rings. The maximum Gasteiger partial charge on any atom is 0.200 e. The van der Waals surface area contributed by atoms with Gasteiger partial charge in [-0.15, -0.1) is 11.8 Å². The minimum Gasteiger partial charge on any atom is -0.507 e. The van der Waals surface area contributed by atoms with E-state index < -0.39 is 0 Å². The van der Waals surface area contributed by atoms with E-state index in [0.717, 1.165) is 28.7 Å². The summed E-state index contributed by atoms with van der Waals surface area (Å²) < 4.78 is 0. The van der Waals surface area contributed by atoms with Gasteiger partial charge in [-0.05, 0) is 46.4 Å². The van der Waals surface area contributed by atoms with E-state index in [4.69, 9.17) is 0 Å². The standard InChI is InChI=1S/C27H32O3S/c1-16-9-8-10-18-23(16)21(28)15-22(24(18)29)31-12-11-17-13-19(26(2,3)4)25(30)20(14-17)27(5,6)7/h8-10,13-15,30H,11-12H2,1-7H3. The van der Waals surface area contributed by atoms with Crippen molar-refractivity contribution in [2.75, 3.05) is 5.75 Å². The molecule has 0 saturated carbocycles. The Balaban J connectivity index is 1.83. The molecule has 1 N–H and O–H groups in total. The number of hydrogen-bond donors (Lipinski definition) is 1. The van der Waals surface area contributed by atoms with E-state index in [1.54, 1.807) is 6.07 Å². The molecule has 3 rings (SSSR count). The summed E-state index contributed by atoms with van der Waals surface area (Å²) >= 11 is 1.43. The Bertz CT molecular complexity index is 1040. The summed E-state index contributed by atoms with van der Waals surface area (Å²) in [7, 11) is 0. The first-order valence-corrected chi connectivity index (χ1v) is 11.7. The van der Waals surface area contributed by atoms with Gasteiger partial charge in [0.1, 0.15) is 5.75 Å². The Morgan fingerprint density at radius 1 is 0.935 bits per heavy atom. The Morgan fingerprint density at radius 3 is 2.06 bits per heavy atom. The molecule has 4 heteroatoms. The van der Waals surface area contributed by atoms with Crippen LogP contribution in [0.5, 0.6) is 5.75 Å². The highest BCUT2D eigenvalue weighted by molar-refractivity contribution is 8.04. The highest BCUT2D eigenvalue weighted by Gasteiger charge is 2.28. The van der Waals surface area contributed by atoms with Crippen LogP contribution in [0.25, 0.3) is 0 Å². The van der Waals surface area contributed by atoms with Gasteiger partial charge in [0.25, 0.3) is 0 Å². The van der Waals surface area contributed by atoms with E-state index in [0.29, 0.717) is 27.5 Å². The van der Waals surface area contributed by atoms with Crippen molar-refractivity contribution in [2.24, 2.45) is 0 Å². The van der Waals surface area contributed by atoms with Crippen molar-refractivity contribution in [2.45, 2.75) is 65.7 Å². The summed E-state index contributed by atoms with van der Waals surface area (Å²) in [6.45, 7) is 14.5. The van der Waals surface area contributed by atoms with Gasteiger partial charge in [-0.2, -0.15) is 0 Å². The number of ketones is 2. The fourth-order valence-corrected chi connectivity index (χ4v) is 4.93. The summed E-state index contributed by atoms with van der Waals surface area (Å²) in [5.74, 6) is 0.896. The van der Waals surface area contributed by atoms with Crippen molar-refractivity contribution in [1.82, 2.24) is 0 Å². The molecule has 0 amide bonds. The summed E-state index contributed by atoms with van der Waals surface area (Å²) in [6.07, 6.45) is 2.23. The molecule has 2 aromatic rings. The van der Waals surface area contributed by atoms with Crippen LogP contribution in [0.3, 0.4) is 0 Å². The van der Waals surface area contributed by atoms with Crippen LogP contribution in [0.2, 0.25) is 0 Å². The lowest BCUT2D eigenvalue weighted by Crippen LogP contribution is -2.18. The predicted molar refractivity (Wildman–Crippen MR) is 130 cm³/mol. The molecule has 2 aromatic carbocycles. The monoisotopic (exact) mass is 436 g/mol. The zero-order valence-corrected chi connectivity index (χ0v) is 20.4. The van der Waals surface area contributed by atoms with Crippen LogP contribution in [0, 0.1) is 6.92 Å². The lowest BCUT2D eigenvalue weighted by atomic mass is 9.78. The number of rotatable bonds is 4. The third-order valence-corrected chi connectivity index (χ3v) is 6.71. The smallest absolute Gasteiger partial charge is 0.200 e. The Morgan fingerprint density at radius 2 is 1.52 bits per heavy atom. The lowest BCUT2D eigenvalue weighted by Gasteiger charge is -2.28. The SMILES string of the molecule is Cc1cccc2c1C(=O)C=C(SCCc1cc(C(C)(C)C)c(O)c(C(C)(C)C)c1)C2=O. The number of allylic oxidation sites excluding steroid dienone is 2. The number of carbonyl (C=O) groups is 2. The van der Waals surface area contributed by atoms with Gasteiger partial charge in [0.15, 0.2) is 11.6 Å². The zero-order chi connectivity index (χ0) is 23.1. The van der Waals surface area contributed by atoms with Gasteiger partial charge in [0, 0.05) is 23.0 Å². The average Bonchev–Trinajstić information content (AvgIpc) is 2.64. The molecule has 1 aliphatic carbocycles. The first-order chi connectivity index (χ1) is 14.3. The predicted octanol–water partition coefficient (Wildman–Crippen LogP) is 6.53. The van der Waals surface area contributed by atoms with Crippen molar-refractivity contribution in [3.63, 3.8) is 0 Å². The fraction of sp³-hybridized carbons (Fsp3) is 0.407. The molecule has 0 aromatic heterocycles. The van der Waals surface area contributed by atoms with Crippen LogP contribution >= 0.6 is 11.8 Å². The summed E-state index contributed by atoms with van der Waals surface area (Å²) in [6, 6.07) is 9.57. The summed E-state index contributed by atoms with van der Waals surface area (Å²) in [4.78, 5) is 26.0. The number of aromatic hydroxyl groups is 1. The molecule has 0 spiro atoms. The van der Waals surface area contributed by atoms with Crippen LogP contribution in [-0.4, -0.2) is 22.4 Å². The number of benzene rings is 2. The Hall–Kier alpha value is -2.33. The molecule has 0 aliphatic heterocycles. The number of carbonyl (C=O) groups excluding carboxylic acids is 2. The molecule has 0 radical (unpaired) electrons. The molecular weight excluding hydrogens is 404 g/mol. The summed E-state index contributed by atoms with van der Waals surface area (Å²) in [5, 5.41) is 10.9. The third kappa shape index (κ3) is 4.79. The second kappa shape index (κ2) is 8.31. The van der Waals surface area contributed by atoms with E-state index >= 15 is 0 Å². The topological polar surface area (TPSA) is 54.4 Å². The molecular formula is C27H32O3S. The van der Waals surface area contributed by atoms with Crippen molar-refractivity contribution in [3.05, 3.63) is 74.7 Å². The van der Waals surface area contributed by atoms with E-state index in [1.165, 1.54) is 17.8 Å². The molecule has 31 heavy (non-hydrogen) atoms. The van der Waals surface area contributed by atoms with Crippen LogP contribution in [0.4, 0.5) is 0 Å². The maximum absolute atomic E-state index is 12.9. The molecule has 0 saturated heterocycles. The molecule has 3 nitrogen and oxygen atoms in total. The number of hydrogen-bond acceptors (Lipinski definition) is 4. The molecule has 0 unspecified atom stereocenters. The van der Waals surface area contributed by atoms with Gasteiger partial charge in [-0.25, -0.2) is 0 Å². The Labute approximate surface area is 190 Å². The van der Waals surface area contributed by atoms with Crippen molar-refractivity contribution in [3.8, 4) is 5.75 Å². The van der Waals surface area contributed by atoms with E-state index in [1.807, 2.05) is 19.1 Å². The van der Waals surface area contributed by atoms with Crippen molar-refractivity contribution >= 4 is 23.3 Å². The minimum absolute atomic E-state index is 0.0697. The molecule has 164 valence electrons. The second-order valence-corrected chi connectivity index (χ2v) is 11.5. The highest BCUT2D eigenvalue weighted by Crippen LogP contribution is 2.40. The van der Waals surface area contributed by atoms with E-state index in [2.05, 4.69) is 53.7 Å². The number of Topliss-reactive ketones (excluding diaryl/α,β-unsaturated/α-hetero) is 1. The van der Waals surface area contributed by atoms with Gasteiger partial charge < -0.3 is 5.11 Å². The van der Waals surface area contributed by atoms with Gasteiger partial charge in [-0.3, -0.25) is 9.59 Å². The lowest BCUT2D eigenvalue weighted by molar-refractivity contribution is 0.0990. The van der Waals surface area contributed by atoms with Gasteiger partial charge >= 0.3 is 0 Å². The average molecular weight is 437 g/mol. The highest BCUT2D eigenvalue weighted by atomic mass is 32.2. The maximum atomic E-state index is 12.9. The van der Waals surface area contributed by atoms with E-state index in [9.17, 15) is 14.7 Å². The number of thioether (sulfide) groups is 1. The normalized spacial score (nSPS) is 14.5. The number of phenols is 1. The molecule has 0 fully saturated rings. The van der Waals surface area contributed by atoms with Crippen molar-refractivity contribution < 1.29 is 14.7 Å². The molecule has 0 heterocycles. The van der Waals surface area contributed by atoms with Gasteiger partial charge in [0.05, 0.1) is 4.91 Å².